The SMILES string of the molecule is COc1ccccc1CC(=O)N(Cc1ccc(F)cc1F)C1CC1. The van der Waals surface area contributed by atoms with Crippen LogP contribution in [0.5, 0.6) is 5.75 Å². The van der Waals surface area contributed by atoms with Gasteiger partial charge in [-0.3, -0.25) is 4.79 Å². The Hall–Kier alpha value is -2.43. The standard InChI is InChI=1S/C19H19F2NO2/c1-24-18-5-3-2-4-13(18)10-19(23)22(16-8-9-16)12-14-6-7-15(20)11-17(14)21/h2-7,11,16H,8-10,12H2,1H3. The molecule has 0 bridgehead atoms. The molecular formula is C19H19F2NO2. The number of hydrogen-bond acceptors (Lipinski definition) is 2. The molecule has 3 rings (SSSR count). The number of hydrogen-bond donors (Lipinski definition) is 0. The fraction of sp³-hybridized carbons (Fsp3) is 0.316. The molecule has 1 fully saturated rings. The molecule has 0 spiro atoms. The molecular weight excluding hydrogens is 312 g/mol. The summed E-state index contributed by atoms with van der Waals surface area (Å²) in [5, 5.41) is 0. The van der Waals surface area contributed by atoms with Gasteiger partial charge >= 0.3 is 0 Å². The predicted octanol–water partition coefficient (Wildman–Crippen LogP) is 3.71. The van der Waals surface area contributed by atoms with Crippen LogP contribution in [0, 0.1) is 11.6 Å². The van der Waals surface area contributed by atoms with Gasteiger partial charge in [-0.2, -0.15) is 0 Å². The monoisotopic (exact) mass is 331 g/mol. The highest BCUT2D eigenvalue weighted by Gasteiger charge is 2.33. The van der Waals surface area contributed by atoms with E-state index >= 15 is 0 Å². The average molecular weight is 331 g/mol. The highest BCUT2D eigenvalue weighted by Crippen LogP contribution is 2.30. The lowest BCUT2D eigenvalue weighted by atomic mass is 10.1. The smallest absolute Gasteiger partial charge is 0.227 e. The van der Waals surface area contributed by atoms with Crippen LogP contribution in [0.15, 0.2) is 42.5 Å². The molecule has 0 aromatic heterocycles. The Morgan fingerprint density at radius 1 is 1.17 bits per heavy atom. The van der Waals surface area contributed by atoms with E-state index < -0.39 is 11.6 Å². The Kier molecular flexibility index (Phi) is 4.79. The first-order valence-corrected chi connectivity index (χ1v) is 7.94. The molecule has 5 heteroatoms. The van der Waals surface area contributed by atoms with Crippen molar-refractivity contribution in [2.45, 2.75) is 31.8 Å². The molecule has 3 nitrogen and oxygen atoms in total. The number of halogens is 2. The molecule has 0 radical (unpaired) electrons. The molecule has 1 aliphatic carbocycles. The summed E-state index contributed by atoms with van der Waals surface area (Å²) in [6.07, 6.45) is 2.03. The third-order valence-electron chi connectivity index (χ3n) is 4.20. The second kappa shape index (κ2) is 6.99. The van der Waals surface area contributed by atoms with Gasteiger partial charge < -0.3 is 9.64 Å². The van der Waals surface area contributed by atoms with E-state index in [2.05, 4.69) is 0 Å². The van der Waals surface area contributed by atoms with Crippen LogP contribution >= 0.6 is 0 Å². The van der Waals surface area contributed by atoms with Crippen LogP contribution < -0.4 is 4.74 Å². The Morgan fingerprint density at radius 3 is 2.58 bits per heavy atom. The number of benzene rings is 2. The van der Waals surface area contributed by atoms with Gasteiger partial charge in [0.25, 0.3) is 0 Å². The van der Waals surface area contributed by atoms with Crippen molar-refractivity contribution in [3.8, 4) is 5.75 Å². The predicted molar refractivity (Wildman–Crippen MR) is 86.6 cm³/mol. The van der Waals surface area contributed by atoms with Crippen LogP contribution in [0.25, 0.3) is 0 Å². The number of carbonyl (C=O) groups is 1. The minimum Gasteiger partial charge on any atom is -0.496 e. The van der Waals surface area contributed by atoms with Crippen molar-refractivity contribution < 1.29 is 18.3 Å². The Bertz CT molecular complexity index is 744. The van der Waals surface area contributed by atoms with E-state index in [-0.39, 0.29) is 24.9 Å². The van der Waals surface area contributed by atoms with Crippen LogP contribution in [0.2, 0.25) is 0 Å². The van der Waals surface area contributed by atoms with Crippen LogP contribution in [-0.2, 0) is 17.8 Å². The minimum atomic E-state index is -0.620. The van der Waals surface area contributed by atoms with Gasteiger partial charge in [0.2, 0.25) is 5.91 Å². The molecule has 0 unspecified atom stereocenters. The van der Waals surface area contributed by atoms with E-state index in [0.29, 0.717) is 11.3 Å². The third kappa shape index (κ3) is 3.72. The van der Waals surface area contributed by atoms with E-state index in [1.165, 1.54) is 12.1 Å². The molecule has 0 aliphatic heterocycles. The molecule has 24 heavy (non-hydrogen) atoms. The van der Waals surface area contributed by atoms with Gasteiger partial charge in [-0.1, -0.05) is 24.3 Å². The van der Waals surface area contributed by atoms with Crippen LogP contribution in [0.1, 0.15) is 24.0 Å². The van der Waals surface area contributed by atoms with E-state index in [9.17, 15) is 13.6 Å². The highest BCUT2D eigenvalue weighted by atomic mass is 19.1. The third-order valence-corrected chi connectivity index (χ3v) is 4.20. The quantitative estimate of drug-likeness (QED) is 0.808. The number of ether oxygens (including phenoxy) is 1. The largest absolute Gasteiger partial charge is 0.496 e. The summed E-state index contributed by atoms with van der Waals surface area (Å²) in [5.41, 5.74) is 1.13. The summed E-state index contributed by atoms with van der Waals surface area (Å²) in [7, 11) is 1.57. The molecule has 1 saturated carbocycles. The van der Waals surface area contributed by atoms with E-state index in [4.69, 9.17) is 4.74 Å². The van der Waals surface area contributed by atoms with Crippen molar-refractivity contribution in [1.29, 1.82) is 0 Å². The maximum atomic E-state index is 13.9. The van der Waals surface area contributed by atoms with Gasteiger partial charge in [-0.05, 0) is 25.0 Å². The lowest BCUT2D eigenvalue weighted by Gasteiger charge is -2.23. The zero-order chi connectivity index (χ0) is 17.1. The Labute approximate surface area is 139 Å². The molecule has 0 saturated heterocycles. The van der Waals surface area contributed by atoms with E-state index in [1.807, 2.05) is 24.3 Å². The summed E-state index contributed by atoms with van der Waals surface area (Å²) < 4.78 is 32.2. The summed E-state index contributed by atoms with van der Waals surface area (Å²) in [4.78, 5) is 14.4. The summed E-state index contributed by atoms with van der Waals surface area (Å²) in [6, 6.07) is 11.0. The summed E-state index contributed by atoms with van der Waals surface area (Å²) in [6.45, 7) is 0.158. The number of methoxy groups -OCH3 is 1. The zero-order valence-electron chi connectivity index (χ0n) is 13.5. The number of amides is 1. The zero-order valence-corrected chi connectivity index (χ0v) is 13.5. The van der Waals surface area contributed by atoms with Crippen molar-refractivity contribution in [1.82, 2.24) is 4.90 Å². The fourth-order valence-corrected chi connectivity index (χ4v) is 2.75. The van der Waals surface area contributed by atoms with Crippen molar-refractivity contribution in [3.05, 3.63) is 65.2 Å². The first-order chi connectivity index (χ1) is 11.6. The Balaban J connectivity index is 1.77. The number of nitrogens with zero attached hydrogens (tertiary/aromatic N) is 1. The number of rotatable bonds is 6. The van der Waals surface area contributed by atoms with Gasteiger partial charge in [-0.15, -0.1) is 0 Å². The van der Waals surface area contributed by atoms with Crippen LogP contribution in [0.3, 0.4) is 0 Å². The van der Waals surface area contributed by atoms with Gasteiger partial charge in [0.1, 0.15) is 17.4 Å². The maximum Gasteiger partial charge on any atom is 0.227 e. The average Bonchev–Trinajstić information content (AvgIpc) is 3.39. The lowest BCUT2D eigenvalue weighted by Crippen LogP contribution is -2.34. The number of carbonyl (C=O) groups excluding carboxylic acids is 1. The maximum absolute atomic E-state index is 13.9. The van der Waals surface area contributed by atoms with Crippen molar-refractivity contribution in [2.75, 3.05) is 7.11 Å². The Morgan fingerprint density at radius 2 is 1.92 bits per heavy atom. The second-order valence-corrected chi connectivity index (χ2v) is 5.98. The molecule has 1 amide bonds. The summed E-state index contributed by atoms with van der Waals surface area (Å²) in [5.74, 6) is -0.652. The number of para-hydroxylation sites is 1. The second-order valence-electron chi connectivity index (χ2n) is 5.98. The van der Waals surface area contributed by atoms with Gasteiger partial charge in [0, 0.05) is 29.8 Å². The van der Waals surface area contributed by atoms with Crippen molar-refractivity contribution in [3.63, 3.8) is 0 Å². The van der Waals surface area contributed by atoms with Crippen LogP contribution in [-0.4, -0.2) is 24.0 Å². The first kappa shape index (κ1) is 16.4. The summed E-state index contributed by atoms with van der Waals surface area (Å²) >= 11 is 0. The highest BCUT2D eigenvalue weighted by molar-refractivity contribution is 5.80. The van der Waals surface area contributed by atoms with E-state index in [1.54, 1.807) is 12.0 Å². The minimum absolute atomic E-state index is 0.0780. The molecule has 2 aromatic carbocycles. The van der Waals surface area contributed by atoms with E-state index in [0.717, 1.165) is 24.5 Å². The van der Waals surface area contributed by atoms with Crippen molar-refractivity contribution in [2.24, 2.45) is 0 Å². The normalized spacial score (nSPS) is 13.6. The van der Waals surface area contributed by atoms with Gasteiger partial charge in [0.05, 0.1) is 13.5 Å². The molecule has 0 N–H and O–H groups in total. The van der Waals surface area contributed by atoms with Crippen molar-refractivity contribution >= 4 is 5.91 Å². The lowest BCUT2D eigenvalue weighted by molar-refractivity contribution is -0.131. The van der Waals surface area contributed by atoms with Crippen LogP contribution in [0.4, 0.5) is 8.78 Å². The molecule has 0 heterocycles. The van der Waals surface area contributed by atoms with Gasteiger partial charge in [0.15, 0.2) is 0 Å². The fourth-order valence-electron chi connectivity index (χ4n) is 2.75. The van der Waals surface area contributed by atoms with Gasteiger partial charge in [-0.25, -0.2) is 8.78 Å². The molecule has 2 aromatic rings. The first-order valence-electron chi connectivity index (χ1n) is 7.94. The topological polar surface area (TPSA) is 29.5 Å². The molecule has 0 atom stereocenters. The molecule has 126 valence electrons. The molecule has 1 aliphatic rings.